The lowest BCUT2D eigenvalue weighted by atomic mass is 10.0. The molecule has 150 valence electrons. The number of amides is 3. The van der Waals surface area contributed by atoms with Gasteiger partial charge in [-0.25, -0.2) is 0 Å². The minimum atomic E-state index is -0.650. The molecule has 2 aliphatic heterocycles. The number of piperidine rings is 1. The second-order valence-corrected chi connectivity index (χ2v) is 7.25. The molecule has 3 amide bonds. The summed E-state index contributed by atoms with van der Waals surface area (Å²) < 4.78 is 5.44. The predicted octanol–water partition coefficient (Wildman–Crippen LogP) is 1.87. The van der Waals surface area contributed by atoms with Gasteiger partial charge in [-0.05, 0) is 36.2 Å². The van der Waals surface area contributed by atoms with E-state index in [1.165, 1.54) is 17.2 Å². The largest absolute Gasteiger partial charge is 0.506 e. The van der Waals surface area contributed by atoms with Crippen LogP contribution < -0.4 is 5.32 Å². The van der Waals surface area contributed by atoms with Crippen LogP contribution in [0.25, 0.3) is 22.7 Å². The van der Waals surface area contributed by atoms with E-state index in [0.29, 0.717) is 29.1 Å². The van der Waals surface area contributed by atoms with E-state index in [9.17, 15) is 19.5 Å². The summed E-state index contributed by atoms with van der Waals surface area (Å²) in [5, 5.41) is 15.7. The average molecular weight is 404 g/mol. The SMILES string of the molecule is O=C1CCC(N2Cc3cc(-c4cc(-c5ccc(O)cn5)no4)ccc3C2=O)C(=O)N1. The van der Waals surface area contributed by atoms with Crippen LogP contribution in [-0.2, 0) is 16.1 Å². The highest BCUT2D eigenvalue weighted by molar-refractivity contribution is 6.05. The van der Waals surface area contributed by atoms with Gasteiger partial charge >= 0.3 is 0 Å². The lowest BCUT2D eigenvalue weighted by Crippen LogP contribution is -2.52. The number of benzene rings is 1. The Bertz CT molecular complexity index is 1180. The van der Waals surface area contributed by atoms with Crippen LogP contribution in [0.1, 0.15) is 28.8 Å². The zero-order valence-corrected chi connectivity index (χ0v) is 15.7. The predicted molar refractivity (Wildman–Crippen MR) is 103 cm³/mol. The molecule has 30 heavy (non-hydrogen) atoms. The van der Waals surface area contributed by atoms with Gasteiger partial charge in [0.25, 0.3) is 5.91 Å². The van der Waals surface area contributed by atoms with Crippen LogP contribution in [0.15, 0.2) is 47.1 Å². The summed E-state index contributed by atoms with van der Waals surface area (Å²) in [6.07, 6.45) is 1.87. The van der Waals surface area contributed by atoms with Gasteiger partial charge in [-0.3, -0.25) is 24.7 Å². The van der Waals surface area contributed by atoms with Crippen LogP contribution in [0.3, 0.4) is 0 Å². The molecule has 0 spiro atoms. The molecule has 0 aliphatic carbocycles. The molecule has 4 heterocycles. The van der Waals surface area contributed by atoms with E-state index in [1.54, 1.807) is 24.3 Å². The number of carbonyl (C=O) groups excluding carboxylic acids is 3. The second kappa shape index (κ2) is 6.80. The van der Waals surface area contributed by atoms with Crippen molar-refractivity contribution in [3.05, 3.63) is 53.7 Å². The Kier molecular flexibility index (Phi) is 4.09. The Morgan fingerprint density at radius 1 is 1.10 bits per heavy atom. The molecule has 9 nitrogen and oxygen atoms in total. The van der Waals surface area contributed by atoms with Crippen LogP contribution in [-0.4, -0.2) is 43.9 Å². The third-order valence-corrected chi connectivity index (χ3v) is 5.33. The lowest BCUT2D eigenvalue weighted by Gasteiger charge is -2.29. The number of aromatic nitrogens is 2. The third-order valence-electron chi connectivity index (χ3n) is 5.33. The topological polar surface area (TPSA) is 126 Å². The van der Waals surface area contributed by atoms with Gasteiger partial charge in [0.1, 0.15) is 17.5 Å². The number of nitrogens with one attached hydrogen (secondary N) is 1. The Balaban J connectivity index is 1.40. The first-order valence-electron chi connectivity index (χ1n) is 9.39. The highest BCUT2D eigenvalue weighted by atomic mass is 16.5. The van der Waals surface area contributed by atoms with Gasteiger partial charge in [-0.15, -0.1) is 0 Å². The van der Waals surface area contributed by atoms with Crippen LogP contribution in [0.2, 0.25) is 0 Å². The molecule has 5 rings (SSSR count). The molecule has 2 N–H and O–H groups in total. The zero-order valence-electron chi connectivity index (χ0n) is 15.7. The molecule has 9 heteroatoms. The molecular weight excluding hydrogens is 388 g/mol. The second-order valence-electron chi connectivity index (χ2n) is 7.25. The fraction of sp³-hybridized carbons (Fsp3) is 0.190. The molecule has 1 unspecified atom stereocenters. The number of fused-ring (bicyclic) bond motifs is 1. The van der Waals surface area contributed by atoms with Crippen LogP contribution in [0.4, 0.5) is 0 Å². The summed E-state index contributed by atoms with van der Waals surface area (Å²) >= 11 is 0. The number of nitrogens with zero attached hydrogens (tertiary/aromatic N) is 3. The number of rotatable bonds is 3. The monoisotopic (exact) mass is 404 g/mol. The number of carbonyl (C=O) groups is 3. The van der Waals surface area contributed by atoms with E-state index in [4.69, 9.17) is 4.52 Å². The number of imide groups is 1. The zero-order chi connectivity index (χ0) is 20.8. The van der Waals surface area contributed by atoms with Crippen molar-refractivity contribution in [2.24, 2.45) is 0 Å². The van der Waals surface area contributed by atoms with E-state index in [0.717, 1.165) is 11.1 Å². The maximum absolute atomic E-state index is 12.8. The minimum absolute atomic E-state index is 0.0614. The van der Waals surface area contributed by atoms with Crippen molar-refractivity contribution in [1.82, 2.24) is 20.4 Å². The van der Waals surface area contributed by atoms with E-state index in [-0.39, 0.29) is 30.5 Å². The average Bonchev–Trinajstić information content (AvgIpc) is 3.34. The van der Waals surface area contributed by atoms with Gasteiger partial charge < -0.3 is 14.5 Å². The van der Waals surface area contributed by atoms with E-state index in [1.807, 2.05) is 6.07 Å². The minimum Gasteiger partial charge on any atom is -0.506 e. The van der Waals surface area contributed by atoms with Gasteiger partial charge in [0.2, 0.25) is 11.8 Å². The lowest BCUT2D eigenvalue weighted by molar-refractivity contribution is -0.136. The first-order chi connectivity index (χ1) is 14.5. The maximum Gasteiger partial charge on any atom is 0.255 e. The van der Waals surface area contributed by atoms with Crippen molar-refractivity contribution in [1.29, 1.82) is 0 Å². The summed E-state index contributed by atoms with van der Waals surface area (Å²) in [7, 11) is 0. The number of hydrogen-bond acceptors (Lipinski definition) is 7. The smallest absolute Gasteiger partial charge is 0.255 e. The molecule has 0 bridgehead atoms. The van der Waals surface area contributed by atoms with Crippen LogP contribution in [0.5, 0.6) is 5.75 Å². The summed E-state index contributed by atoms with van der Waals surface area (Å²) in [4.78, 5) is 42.0. The van der Waals surface area contributed by atoms with Crippen molar-refractivity contribution < 1.29 is 24.0 Å². The molecule has 1 fully saturated rings. The molecule has 1 saturated heterocycles. The Labute approximate surface area is 170 Å². The summed E-state index contributed by atoms with van der Waals surface area (Å²) in [5.41, 5.74) is 3.13. The molecular formula is C21H16N4O5. The quantitative estimate of drug-likeness (QED) is 0.638. The van der Waals surface area contributed by atoms with Crippen LogP contribution >= 0.6 is 0 Å². The normalized spacial score (nSPS) is 18.5. The van der Waals surface area contributed by atoms with Crippen molar-refractivity contribution >= 4 is 17.7 Å². The Morgan fingerprint density at radius 2 is 1.97 bits per heavy atom. The molecule has 2 aromatic heterocycles. The number of aromatic hydroxyl groups is 1. The standard InChI is InChI=1S/C21H16N4O5/c26-13-2-4-15(22-9-13)16-8-18(30-24-16)11-1-3-14-12(7-11)10-25(21(14)29)17-5-6-19(27)23-20(17)28/h1-4,7-9,17,26H,5-6,10H2,(H,23,27,28). The molecule has 0 radical (unpaired) electrons. The summed E-state index contributed by atoms with van der Waals surface area (Å²) in [6, 6.07) is 9.54. The Morgan fingerprint density at radius 3 is 2.73 bits per heavy atom. The molecule has 1 aromatic carbocycles. The van der Waals surface area contributed by atoms with Gasteiger partial charge in [0, 0.05) is 30.2 Å². The van der Waals surface area contributed by atoms with Crippen molar-refractivity contribution in [3.8, 4) is 28.5 Å². The maximum atomic E-state index is 12.8. The fourth-order valence-electron chi connectivity index (χ4n) is 3.80. The summed E-state index contributed by atoms with van der Waals surface area (Å²) in [6.45, 7) is 0.287. The molecule has 0 saturated carbocycles. The number of hydrogen-bond donors (Lipinski definition) is 2. The summed E-state index contributed by atoms with van der Waals surface area (Å²) in [5.74, 6) is -0.403. The van der Waals surface area contributed by atoms with E-state index in [2.05, 4.69) is 15.5 Å². The molecule has 2 aliphatic rings. The number of pyridine rings is 1. The molecule has 1 atom stereocenters. The van der Waals surface area contributed by atoms with Crippen LogP contribution in [0, 0.1) is 0 Å². The first kappa shape index (κ1) is 18.0. The van der Waals surface area contributed by atoms with E-state index < -0.39 is 11.9 Å². The Hall–Kier alpha value is -4.01. The molecule has 3 aromatic rings. The highest BCUT2D eigenvalue weighted by Gasteiger charge is 2.39. The fourth-order valence-corrected chi connectivity index (χ4v) is 3.80. The third kappa shape index (κ3) is 3.00. The van der Waals surface area contributed by atoms with Gasteiger partial charge in [-0.2, -0.15) is 0 Å². The van der Waals surface area contributed by atoms with E-state index >= 15 is 0 Å². The highest BCUT2D eigenvalue weighted by Crippen LogP contribution is 2.32. The van der Waals surface area contributed by atoms with Gasteiger partial charge in [0.05, 0.1) is 11.9 Å². The van der Waals surface area contributed by atoms with Gasteiger partial charge in [-0.1, -0.05) is 11.2 Å². The van der Waals surface area contributed by atoms with Crippen molar-refractivity contribution in [2.45, 2.75) is 25.4 Å². The van der Waals surface area contributed by atoms with Crippen molar-refractivity contribution in [2.75, 3.05) is 0 Å². The van der Waals surface area contributed by atoms with Crippen molar-refractivity contribution in [3.63, 3.8) is 0 Å². The van der Waals surface area contributed by atoms with Gasteiger partial charge in [0.15, 0.2) is 5.76 Å². The first-order valence-corrected chi connectivity index (χ1v) is 9.39.